The molecule has 9 nitrogen and oxygen atoms in total. The number of ether oxygens (including phenoxy) is 3. The molecule has 1 heterocycles. The van der Waals surface area contributed by atoms with Crippen LogP contribution in [0.3, 0.4) is 0 Å². The van der Waals surface area contributed by atoms with Crippen molar-refractivity contribution in [2.24, 2.45) is 0 Å². The molecular weight excluding hydrogens is 440 g/mol. The van der Waals surface area contributed by atoms with E-state index in [9.17, 15) is 19.2 Å². The fourth-order valence-electron chi connectivity index (χ4n) is 3.27. The highest BCUT2D eigenvalue weighted by molar-refractivity contribution is 5.93. The summed E-state index contributed by atoms with van der Waals surface area (Å²) in [5.41, 5.74) is 0.482. The number of hydrogen-bond acceptors (Lipinski definition) is 7. The lowest BCUT2D eigenvalue weighted by Gasteiger charge is -2.15. The van der Waals surface area contributed by atoms with E-state index < -0.39 is 23.9 Å². The summed E-state index contributed by atoms with van der Waals surface area (Å²) in [6, 6.07) is 12.9. The molecule has 9 heteroatoms. The maximum atomic E-state index is 13.0. The van der Waals surface area contributed by atoms with Gasteiger partial charge in [0, 0.05) is 17.3 Å². The van der Waals surface area contributed by atoms with Gasteiger partial charge in [-0.3, -0.25) is 9.59 Å². The maximum Gasteiger partial charge on any atom is 0.347 e. The molecule has 0 fully saturated rings. The third kappa shape index (κ3) is 5.80. The first-order valence-corrected chi connectivity index (χ1v) is 10.9. The summed E-state index contributed by atoms with van der Waals surface area (Å²) in [6.07, 6.45) is 0.657. The smallest absolute Gasteiger partial charge is 0.347 e. The van der Waals surface area contributed by atoms with Gasteiger partial charge in [-0.15, -0.1) is 0 Å². The van der Waals surface area contributed by atoms with Gasteiger partial charge in [0.05, 0.1) is 24.2 Å². The minimum Gasteiger partial charge on any atom is -0.478 e. The molecule has 1 amide bonds. The summed E-state index contributed by atoms with van der Waals surface area (Å²) in [6.45, 7) is 5.30. The zero-order valence-electron chi connectivity index (χ0n) is 19.2. The molecule has 0 aliphatic rings. The molecule has 0 saturated carbocycles. The van der Waals surface area contributed by atoms with Gasteiger partial charge in [0.1, 0.15) is 12.3 Å². The monoisotopic (exact) mass is 466 g/mol. The number of nitrogens with one attached hydrogen (secondary N) is 1. The summed E-state index contributed by atoms with van der Waals surface area (Å²) in [5.74, 6) is -0.981. The van der Waals surface area contributed by atoms with Crippen LogP contribution in [0.25, 0.3) is 10.8 Å². The number of fused-ring (bicyclic) bond motifs is 1. The fourth-order valence-corrected chi connectivity index (χ4v) is 3.27. The van der Waals surface area contributed by atoms with E-state index in [1.807, 2.05) is 0 Å². The van der Waals surface area contributed by atoms with Crippen LogP contribution in [0.4, 0.5) is 5.69 Å². The van der Waals surface area contributed by atoms with Crippen molar-refractivity contribution in [2.75, 3.05) is 18.5 Å². The van der Waals surface area contributed by atoms with Crippen molar-refractivity contribution in [1.29, 1.82) is 0 Å². The van der Waals surface area contributed by atoms with E-state index in [0.717, 1.165) is 0 Å². The Kier molecular flexibility index (Phi) is 8.02. The number of carbonyl (C=O) groups excluding carboxylic acids is 3. The van der Waals surface area contributed by atoms with Crippen LogP contribution >= 0.6 is 0 Å². The Bertz CT molecular complexity index is 1250. The number of carbonyl (C=O) groups is 3. The number of esters is 2. The van der Waals surface area contributed by atoms with Crippen LogP contribution in [0, 0.1) is 0 Å². The molecule has 1 aromatic heterocycles. The summed E-state index contributed by atoms with van der Waals surface area (Å²) < 4.78 is 16.9. The lowest BCUT2D eigenvalue weighted by molar-refractivity contribution is -0.150. The van der Waals surface area contributed by atoms with Crippen molar-refractivity contribution in [3.8, 4) is 5.75 Å². The van der Waals surface area contributed by atoms with Crippen LogP contribution in [-0.2, 0) is 25.6 Å². The summed E-state index contributed by atoms with van der Waals surface area (Å²) >= 11 is 0. The van der Waals surface area contributed by atoms with Gasteiger partial charge >= 0.3 is 11.9 Å². The van der Waals surface area contributed by atoms with Gasteiger partial charge in [-0.05, 0) is 63.2 Å². The van der Waals surface area contributed by atoms with E-state index >= 15 is 0 Å². The summed E-state index contributed by atoms with van der Waals surface area (Å²) in [5, 5.41) is 3.57. The number of aromatic nitrogens is 1. The maximum absolute atomic E-state index is 13.0. The van der Waals surface area contributed by atoms with Crippen molar-refractivity contribution in [3.05, 3.63) is 70.6 Å². The molecule has 3 aromatic rings. The number of pyridine rings is 1. The minimum absolute atomic E-state index is 0.210. The Balaban J connectivity index is 1.73. The molecule has 3 rings (SSSR count). The van der Waals surface area contributed by atoms with Crippen LogP contribution in [-0.4, -0.2) is 41.7 Å². The largest absolute Gasteiger partial charge is 0.478 e. The Morgan fingerprint density at radius 3 is 2.32 bits per heavy atom. The Hall–Kier alpha value is -4.14. The van der Waals surface area contributed by atoms with E-state index in [1.54, 1.807) is 69.3 Å². The number of hydrogen-bond donors (Lipinski definition) is 1. The van der Waals surface area contributed by atoms with Gasteiger partial charge in [-0.2, -0.15) is 0 Å². The van der Waals surface area contributed by atoms with Crippen LogP contribution < -0.4 is 15.6 Å². The number of rotatable bonds is 9. The van der Waals surface area contributed by atoms with Crippen molar-refractivity contribution >= 4 is 34.3 Å². The molecule has 1 atom stereocenters. The van der Waals surface area contributed by atoms with Crippen LogP contribution in [0.5, 0.6) is 5.75 Å². The molecule has 1 N–H and O–H groups in total. The second-order valence-electron chi connectivity index (χ2n) is 7.32. The van der Waals surface area contributed by atoms with E-state index in [2.05, 4.69) is 5.32 Å². The first-order valence-electron chi connectivity index (χ1n) is 10.9. The first kappa shape index (κ1) is 24.5. The molecule has 0 radical (unpaired) electrons. The zero-order valence-corrected chi connectivity index (χ0v) is 19.2. The van der Waals surface area contributed by atoms with Gasteiger partial charge in [0.15, 0.2) is 6.10 Å². The van der Waals surface area contributed by atoms with E-state index in [1.165, 1.54) is 10.8 Å². The van der Waals surface area contributed by atoms with Gasteiger partial charge in [0.2, 0.25) is 5.91 Å². The van der Waals surface area contributed by atoms with E-state index in [-0.39, 0.29) is 25.3 Å². The van der Waals surface area contributed by atoms with Crippen molar-refractivity contribution in [2.45, 2.75) is 33.4 Å². The summed E-state index contributed by atoms with van der Waals surface area (Å²) in [7, 11) is 0. The Morgan fingerprint density at radius 2 is 1.65 bits per heavy atom. The average molecular weight is 466 g/mol. The number of benzene rings is 2. The molecule has 1 unspecified atom stereocenters. The van der Waals surface area contributed by atoms with Crippen LogP contribution in [0.15, 0.2) is 59.5 Å². The normalized spacial score (nSPS) is 11.5. The van der Waals surface area contributed by atoms with Crippen molar-refractivity contribution in [1.82, 2.24) is 4.57 Å². The molecule has 178 valence electrons. The predicted octanol–water partition coefficient (Wildman–Crippen LogP) is 3.15. The average Bonchev–Trinajstić information content (AvgIpc) is 2.82. The Morgan fingerprint density at radius 1 is 0.941 bits per heavy atom. The predicted molar refractivity (Wildman–Crippen MR) is 126 cm³/mol. The second-order valence-corrected chi connectivity index (χ2v) is 7.32. The van der Waals surface area contributed by atoms with Gasteiger partial charge in [-0.25, -0.2) is 9.59 Å². The fraction of sp³-hybridized carbons (Fsp3) is 0.280. The quantitative estimate of drug-likeness (QED) is 0.482. The molecule has 34 heavy (non-hydrogen) atoms. The van der Waals surface area contributed by atoms with Crippen molar-refractivity contribution < 1.29 is 28.6 Å². The molecule has 0 aliphatic carbocycles. The minimum atomic E-state index is -0.839. The molecule has 0 spiro atoms. The molecule has 0 aliphatic heterocycles. The molecule has 0 bridgehead atoms. The molecular formula is C25H26N2O7. The first-order chi connectivity index (χ1) is 16.3. The summed E-state index contributed by atoms with van der Waals surface area (Å²) in [4.78, 5) is 49.1. The highest BCUT2D eigenvalue weighted by Gasteiger charge is 2.18. The number of amides is 1. The third-order valence-electron chi connectivity index (χ3n) is 4.89. The molecule has 2 aromatic carbocycles. The van der Waals surface area contributed by atoms with Gasteiger partial charge in [0.25, 0.3) is 5.56 Å². The van der Waals surface area contributed by atoms with Gasteiger partial charge in [-0.1, -0.05) is 6.07 Å². The molecule has 0 saturated heterocycles. The highest BCUT2D eigenvalue weighted by atomic mass is 16.6. The van der Waals surface area contributed by atoms with Crippen LogP contribution in [0.2, 0.25) is 0 Å². The SMILES string of the molecule is CCOC(=O)c1ccc(NC(=O)Cn2ccc3c(OC(C)C(=O)OCC)cccc3c2=O)cc1. The zero-order chi connectivity index (χ0) is 24.7. The van der Waals surface area contributed by atoms with Crippen LogP contribution in [0.1, 0.15) is 31.1 Å². The van der Waals surface area contributed by atoms with E-state index in [4.69, 9.17) is 14.2 Å². The Labute approximate surface area is 196 Å². The standard InChI is InChI=1S/C25H26N2O7/c1-4-32-24(30)16(3)34-21-8-6-7-20-19(21)13-14-27(23(20)29)15-22(28)26-18-11-9-17(10-12-18)25(31)33-5-2/h6-14,16H,4-5,15H2,1-3H3,(H,26,28). The lowest BCUT2D eigenvalue weighted by Crippen LogP contribution is -2.28. The number of nitrogens with zero attached hydrogens (tertiary/aromatic N) is 1. The highest BCUT2D eigenvalue weighted by Crippen LogP contribution is 2.24. The lowest BCUT2D eigenvalue weighted by atomic mass is 10.1. The third-order valence-corrected chi connectivity index (χ3v) is 4.89. The van der Waals surface area contributed by atoms with E-state index in [0.29, 0.717) is 27.8 Å². The second kappa shape index (κ2) is 11.1. The number of anilines is 1. The topological polar surface area (TPSA) is 113 Å². The van der Waals surface area contributed by atoms with Gasteiger partial charge < -0.3 is 24.1 Å². The van der Waals surface area contributed by atoms with Crippen molar-refractivity contribution in [3.63, 3.8) is 0 Å².